The van der Waals surface area contributed by atoms with Gasteiger partial charge in [0.15, 0.2) is 0 Å². The first kappa shape index (κ1) is 12.8. The van der Waals surface area contributed by atoms with Gasteiger partial charge in [-0.2, -0.15) is 0 Å². The maximum Gasteiger partial charge on any atom is 0.147 e. The Bertz CT molecular complexity index is 374. The van der Waals surface area contributed by atoms with E-state index >= 15 is 0 Å². The Kier molecular flexibility index (Phi) is 4.41. The molecular formula is C14H18ClFO. The average Bonchev–Trinajstić information content (AvgIpc) is 2.82. The van der Waals surface area contributed by atoms with Crippen LogP contribution in [0, 0.1) is 11.7 Å². The first-order valence-electron chi connectivity index (χ1n) is 6.30. The van der Waals surface area contributed by atoms with Crippen LogP contribution < -0.4 is 0 Å². The minimum absolute atomic E-state index is 0.0856. The van der Waals surface area contributed by atoms with Crippen molar-refractivity contribution in [2.24, 2.45) is 5.92 Å². The Labute approximate surface area is 107 Å². The summed E-state index contributed by atoms with van der Waals surface area (Å²) < 4.78 is 13.7. The molecule has 2 rings (SSSR count). The van der Waals surface area contributed by atoms with Crippen LogP contribution in [0.15, 0.2) is 18.2 Å². The van der Waals surface area contributed by atoms with E-state index in [1.54, 1.807) is 12.1 Å². The molecule has 0 heterocycles. The summed E-state index contributed by atoms with van der Waals surface area (Å²) in [4.78, 5) is 0. The lowest BCUT2D eigenvalue weighted by molar-refractivity contribution is 0.152. The predicted octanol–water partition coefficient (Wildman–Crippen LogP) is 4.48. The van der Waals surface area contributed by atoms with E-state index < -0.39 is 11.9 Å². The van der Waals surface area contributed by atoms with Crippen LogP contribution >= 0.6 is 11.6 Å². The summed E-state index contributed by atoms with van der Waals surface area (Å²) in [5.41, 5.74) is 0.329. The minimum atomic E-state index is -0.728. The highest BCUT2D eigenvalue weighted by Gasteiger charge is 2.19. The second-order valence-corrected chi connectivity index (χ2v) is 5.29. The molecule has 1 N–H and O–H groups in total. The van der Waals surface area contributed by atoms with Gasteiger partial charge in [0, 0.05) is 5.56 Å². The van der Waals surface area contributed by atoms with Crippen LogP contribution in [-0.4, -0.2) is 5.11 Å². The molecule has 0 amide bonds. The summed E-state index contributed by atoms with van der Waals surface area (Å²) in [6.45, 7) is 0. The first-order valence-corrected chi connectivity index (χ1v) is 6.68. The molecule has 94 valence electrons. The molecule has 1 saturated carbocycles. The van der Waals surface area contributed by atoms with E-state index in [0.717, 1.165) is 6.42 Å². The monoisotopic (exact) mass is 256 g/mol. The van der Waals surface area contributed by atoms with Crippen LogP contribution in [0.2, 0.25) is 5.02 Å². The van der Waals surface area contributed by atoms with Gasteiger partial charge in [-0.1, -0.05) is 49.4 Å². The van der Waals surface area contributed by atoms with Gasteiger partial charge < -0.3 is 5.11 Å². The molecule has 1 aliphatic carbocycles. The van der Waals surface area contributed by atoms with E-state index in [1.807, 2.05) is 0 Å². The number of hydrogen-bond acceptors (Lipinski definition) is 1. The Morgan fingerprint density at radius 3 is 2.76 bits per heavy atom. The maximum absolute atomic E-state index is 13.7. The zero-order valence-corrected chi connectivity index (χ0v) is 10.6. The zero-order valence-electron chi connectivity index (χ0n) is 9.83. The van der Waals surface area contributed by atoms with Crippen LogP contribution in [0.5, 0.6) is 0 Å². The molecule has 1 nitrogen and oxygen atoms in total. The lowest BCUT2D eigenvalue weighted by atomic mass is 9.96. The molecule has 0 saturated heterocycles. The first-order chi connectivity index (χ1) is 8.18. The Morgan fingerprint density at radius 1 is 1.35 bits per heavy atom. The van der Waals surface area contributed by atoms with Gasteiger partial charge in [0.05, 0.1) is 11.1 Å². The molecule has 3 heteroatoms. The lowest BCUT2D eigenvalue weighted by Gasteiger charge is -2.15. The summed E-state index contributed by atoms with van der Waals surface area (Å²) in [6, 6.07) is 4.80. The molecule has 1 aliphatic rings. The van der Waals surface area contributed by atoms with E-state index in [0.29, 0.717) is 17.9 Å². The fourth-order valence-corrected chi connectivity index (χ4v) is 2.81. The van der Waals surface area contributed by atoms with Gasteiger partial charge in [-0.15, -0.1) is 0 Å². The van der Waals surface area contributed by atoms with Crippen molar-refractivity contribution >= 4 is 11.6 Å². The lowest BCUT2D eigenvalue weighted by Crippen LogP contribution is -2.04. The molecule has 0 aliphatic heterocycles. The summed E-state index contributed by atoms with van der Waals surface area (Å²) in [5, 5.41) is 10.1. The molecule has 0 aromatic heterocycles. The number of hydrogen-bond donors (Lipinski definition) is 1. The normalized spacial score (nSPS) is 18.5. The molecular weight excluding hydrogens is 239 g/mol. The van der Waals surface area contributed by atoms with Crippen molar-refractivity contribution in [1.29, 1.82) is 0 Å². The van der Waals surface area contributed by atoms with E-state index in [4.69, 9.17) is 11.6 Å². The summed E-state index contributed by atoms with van der Waals surface area (Å²) in [7, 11) is 0. The van der Waals surface area contributed by atoms with Gasteiger partial charge in [-0.25, -0.2) is 4.39 Å². The highest BCUT2D eigenvalue weighted by Crippen LogP contribution is 2.32. The number of benzene rings is 1. The molecule has 1 fully saturated rings. The number of aliphatic hydroxyl groups is 1. The van der Waals surface area contributed by atoms with Gasteiger partial charge in [0.25, 0.3) is 0 Å². The standard InChI is InChI=1S/C14H18ClFO/c15-12-7-3-6-11(14(12)16)13(17)9-8-10-4-1-2-5-10/h3,6-7,10,13,17H,1-2,4-5,8-9H2. The third kappa shape index (κ3) is 3.20. The molecule has 1 aromatic carbocycles. The van der Waals surface area contributed by atoms with E-state index in [-0.39, 0.29) is 5.02 Å². The molecule has 17 heavy (non-hydrogen) atoms. The van der Waals surface area contributed by atoms with Crippen molar-refractivity contribution in [1.82, 2.24) is 0 Å². The second-order valence-electron chi connectivity index (χ2n) is 4.89. The van der Waals surface area contributed by atoms with Crippen LogP contribution in [-0.2, 0) is 0 Å². The molecule has 0 bridgehead atoms. The van der Waals surface area contributed by atoms with Gasteiger partial charge >= 0.3 is 0 Å². The zero-order chi connectivity index (χ0) is 12.3. The quantitative estimate of drug-likeness (QED) is 0.842. The van der Waals surface area contributed by atoms with Crippen molar-refractivity contribution in [2.75, 3.05) is 0 Å². The third-order valence-electron chi connectivity index (χ3n) is 3.66. The van der Waals surface area contributed by atoms with Crippen LogP contribution in [0.4, 0.5) is 4.39 Å². The van der Waals surface area contributed by atoms with Crippen molar-refractivity contribution in [3.05, 3.63) is 34.6 Å². The SMILES string of the molecule is OC(CCC1CCCC1)c1cccc(Cl)c1F. The summed E-state index contributed by atoms with van der Waals surface area (Å²) in [6.07, 6.45) is 5.98. The molecule has 1 aromatic rings. The molecule has 1 unspecified atom stereocenters. The third-order valence-corrected chi connectivity index (χ3v) is 3.96. The predicted molar refractivity (Wildman–Crippen MR) is 67.6 cm³/mol. The Morgan fingerprint density at radius 2 is 2.06 bits per heavy atom. The van der Waals surface area contributed by atoms with Crippen molar-refractivity contribution in [3.63, 3.8) is 0 Å². The topological polar surface area (TPSA) is 20.2 Å². The van der Waals surface area contributed by atoms with Gasteiger partial charge in [0.1, 0.15) is 5.82 Å². The van der Waals surface area contributed by atoms with Crippen molar-refractivity contribution in [3.8, 4) is 0 Å². The summed E-state index contributed by atoms with van der Waals surface area (Å²) >= 11 is 5.70. The molecule has 0 spiro atoms. The van der Waals surface area contributed by atoms with Crippen molar-refractivity contribution in [2.45, 2.75) is 44.6 Å². The van der Waals surface area contributed by atoms with Gasteiger partial charge in [-0.05, 0) is 24.8 Å². The Balaban J connectivity index is 1.94. The second kappa shape index (κ2) is 5.83. The van der Waals surface area contributed by atoms with E-state index in [2.05, 4.69) is 0 Å². The Hall–Kier alpha value is -0.600. The van der Waals surface area contributed by atoms with Crippen LogP contribution in [0.3, 0.4) is 0 Å². The number of rotatable bonds is 4. The van der Waals surface area contributed by atoms with E-state index in [9.17, 15) is 9.50 Å². The van der Waals surface area contributed by atoms with Crippen molar-refractivity contribution < 1.29 is 9.50 Å². The van der Waals surface area contributed by atoms with Crippen LogP contribution in [0.1, 0.15) is 50.2 Å². The fourth-order valence-electron chi connectivity index (χ4n) is 2.63. The highest BCUT2D eigenvalue weighted by molar-refractivity contribution is 6.30. The largest absolute Gasteiger partial charge is 0.388 e. The molecule has 0 radical (unpaired) electrons. The number of aliphatic hydroxyl groups excluding tert-OH is 1. The van der Waals surface area contributed by atoms with Gasteiger partial charge in [0.2, 0.25) is 0 Å². The van der Waals surface area contributed by atoms with E-state index in [1.165, 1.54) is 31.7 Å². The molecule has 1 atom stereocenters. The fraction of sp³-hybridized carbons (Fsp3) is 0.571. The average molecular weight is 257 g/mol. The smallest absolute Gasteiger partial charge is 0.147 e. The number of halogens is 2. The minimum Gasteiger partial charge on any atom is -0.388 e. The maximum atomic E-state index is 13.7. The highest BCUT2D eigenvalue weighted by atomic mass is 35.5. The van der Waals surface area contributed by atoms with Crippen LogP contribution in [0.25, 0.3) is 0 Å². The van der Waals surface area contributed by atoms with Gasteiger partial charge in [-0.3, -0.25) is 0 Å². The summed E-state index contributed by atoms with van der Waals surface area (Å²) in [5.74, 6) is 0.236.